The number of alkyl halides is 6. The van der Waals surface area contributed by atoms with Gasteiger partial charge in [0.1, 0.15) is 11.5 Å². The maximum absolute atomic E-state index is 12.8. The number of halogens is 6. The predicted molar refractivity (Wildman–Crippen MR) is 107 cm³/mol. The zero-order chi connectivity index (χ0) is 23.8. The van der Waals surface area contributed by atoms with Crippen LogP contribution in [0.3, 0.4) is 0 Å². The number of carbonyl (C=O) groups is 1. The molecular weight excluding hydrogens is 452 g/mol. The quantitative estimate of drug-likeness (QED) is 0.332. The highest BCUT2D eigenvalue weighted by Gasteiger charge is 2.31. The molecule has 2 N–H and O–H groups in total. The molecule has 0 radical (unpaired) electrons. The molecule has 0 aliphatic heterocycles. The van der Waals surface area contributed by atoms with Gasteiger partial charge in [-0.3, -0.25) is 9.89 Å². The van der Waals surface area contributed by atoms with Crippen LogP contribution < -0.4 is 10.1 Å². The Morgan fingerprint density at radius 2 is 1.33 bits per heavy atom. The summed E-state index contributed by atoms with van der Waals surface area (Å²) in [5.41, 5.74) is -1.33. The van der Waals surface area contributed by atoms with Gasteiger partial charge >= 0.3 is 12.4 Å². The molecule has 0 bridgehead atoms. The van der Waals surface area contributed by atoms with E-state index in [0.717, 1.165) is 24.3 Å². The summed E-state index contributed by atoms with van der Waals surface area (Å²) in [6.07, 6.45) is -8.96. The number of hydrogen-bond acceptors (Lipinski definition) is 3. The molecule has 0 spiro atoms. The molecular formula is C22H13F6N3O2. The number of H-pyrrole nitrogens is 1. The number of aromatic nitrogens is 2. The summed E-state index contributed by atoms with van der Waals surface area (Å²) in [6.45, 7) is 0. The molecule has 0 aliphatic carbocycles. The Morgan fingerprint density at radius 3 is 1.91 bits per heavy atom. The van der Waals surface area contributed by atoms with Gasteiger partial charge in [0.05, 0.1) is 16.6 Å². The second-order valence-electron chi connectivity index (χ2n) is 6.93. The number of nitrogens with one attached hydrogen (secondary N) is 2. The lowest BCUT2D eigenvalue weighted by Gasteiger charge is -2.09. The van der Waals surface area contributed by atoms with Gasteiger partial charge < -0.3 is 10.1 Å². The van der Waals surface area contributed by atoms with Crippen LogP contribution in [-0.2, 0) is 12.4 Å². The van der Waals surface area contributed by atoms with Crippen LogP contribution in [0.25, 0.3) is 10.9 Å². The Hall–Kier alpha value is -4.02. The molecule has 4 rings (SSSR count). The number of anilines is 1. The maximum Gasteiger partial charge on any atom is 0.416 e. The Labute approximate surface area is 182 Å². The lowest BCUT2D eigenvalue weighted by molar-refractivity contribution is -0.138. The minimum atomic E-state index is -4.51. The van der Waals surface area contributed by atoms with Crippen LogP contribution in [0, 0.1) is 0 Å². The zero-order valence-corrected chi connectivity index (χ0v) is 16.4. The summed E-state index contributed by atoms with van der Waals surface area (Å²) in [5, 5.41) is 9.13. The summed E-state index contributed by atoms with van der Waals surface area (Å²) in [6, 6.07) is 12.9. The Kier molecular flexibility index (Phi) is 5.48. The molecule has 0 aliphatic rings. The highest BCUT2D eigenvalue weighted by Crippen LogP contribution is 2.33. The third-order valence-electron chi connectivity index (χ3n) is 4.66. The highest BCUT2D eigenvalue weighted by molar-refractivity contribution is 6.07. The normalized spacial score (nSPS) is 12.1. The summed E-state index contributed by atoms with van der Waals surface area (Å²) < 4.78 is 81.8. The van der Waals surface area contributed by atoms with Crippen molar-refractivity contribution in [2.24, 2.45) is 0 Å². The van der Waals surface area contributed by atoms with Crippen molar-refractivity contribution in [3.8, 4) is 11.5 Å². The van der Waals surface area contributed by atoms with E-state index in [0.29, 0.717) is 5.39 Å². The monoisotopic (exact) mass is 465 g/mol. The molecule has 170 valence electrons. The zero-order valence-electron chi connectivity index (χ0n) is 16.4. The topological polar surface area (TPSA) is 67.0 Å². The van der Waals surface area contributed by atoms with Crippen LogP contribution in [0.15, 0.2) is 66.7 Å². The van der Waals surface area contributed by atoms with E-state index in [-0.39, 0.29) is 28.4 Å². The van der Waals surface area contributed by atoms with Gasteiger partial charge in [-0.1, -0.05) is 0 Å². The van der Waals surface area contributed by atoms with Gasteiger partial charge in [-0.25, -0.2) is 0 Å². The van der Waals surface area contributed by atoms with Crippen LogP contribution in [-0.4, -0.2) is 16.1 Å². The number of ether oxygens (including phenoxy) is 1. The largest absolute Gasteiger partial charge is 0.457 e. The minimum absolute atomic E-state index is 0.0637. The van der Waals surface area contributed by atoms with Crippen molar-refractivity contribution in [1.82, 2.24) is 10.2 Å². The molecule has 0 unspecified atom stereocenters. The molecule has 11 heteroatoms. The third kappa shape index (κ3) is 4.92. The predicted octanol–water partition coefficient (Wildman–Crippen LogP) is 6.65. The average Bonchev–Trinajstić information content (AvgIpc) is 3.15. The lowest BCUT2D eigenvalue weighted by atomic mass is 10.1. The van der Waals surface area contributed by atoms with Crippen molar-refractivity contribution in [2.75, 3.05) is 5.32 Å². The number of carbonyl (C=O) groups excluding carboxylic acids is 1. The van der Waals surface area contributed by atoms with Gasteiger partial charge in [0.2, 0.25) is 0 Å². The SMILES string of the molecule is O=C(Nc1n[nH]c2cc(C(F)(F)F)ccc12)c1ccc(Oc2ccc(C(F)(F)F)cc2)cc1. The van der Waals surface area contributed by atoms with E-state index in [9.17, 15) is 31.1 Å². The molecule has 33 heavy (non-hydrogen) atoms. The van der Waals surface area contributed by atoms with Crippen LogP contribution in [0.1, 0.15) is 21.5 Å². The first-order valence-electron chi connectivity index (χ1n) is 9.32. The van der Waals surface area contributed by atoms with E-state index in [1.54, 1.807) is 0 Å². The van der Waals surface area contributed by atoms with E-state index < -0.39 is 29.4 Å². The number of nitrogens with zero attached hydrogens (tertiary/aromatic N) is 1. The summed E-state index contributed by atoms with van der Waals surface area (Å²) in [5.74, 6) is -0.0317. The van der Waals surface area contributed by atoms with Gasteiger partial charge in [0.15, 0.2) is 5.82 Å². The number of benzene rings is 3. The first kappa shape index (κ1) is 22.2. The molecule has 0 atom stereocenters. The number of fused-ring (bicyclic) bond motifs is 1. The summed E-state index contributed by atoms with van der Waals surface area (Å²) >= 11 is 0. The molecule has 0 fully saturated rings. The van der Waals surface area contributed by atoms with Gasteiger partial charge in [-0.05, 0) is 66.7 Å². The van der Waals surface area contributed by atoms with Crippen molar-refractivity contribution in [3.63, 3.8) is 0 Å². The average molecular weight is 465 g/mol. The number of hydrogen-bond donors (Lipinski definition) is 2. The molecule has 1 amide bonds. The first-order valence-corrected chi connectivity index (χ1v) is 9.32. The van der Waals surface area contributed by atoms with Crippen molar-refractivity contribution >= 4 is 22.6 Å². The number of amides is 1. The molecule has 0 saturated heterocycles. The molecule has 4 aromatic rings. The molecule has 1 aromatic heterocycles. The third-order valence-corrected chi connectivity index (χ3v) is 4.66. The number of aromatic amines is 1. The Bertz CT molecular complexity index is 1290. The van der Waals surface area contributed by atoms with E-state index in [2.05, 4.69) is 15.5 Å². The van der Waals surface area contributed by atoms with Crippen LogP contribution in [0.2, 0.25) is 0 Å². The van der Waals surface area contributed by atoms with Crippen LogP contribution in [0.4, 0.5) is 32.2 Å². The molecule has 5 nitrogen and oxygen atoms in total. The van der Waals surface area contributed by atoms with Crippen molar-refractivity contribution in [1.29, 1.82) is 0 Å². The van der Waals surface area contributed by atoms with E-state index in [1.165, 1.54) is 42.5 Å². The van der Waals surface area contributed by atoms with Crippen LogP contribution in [0.5, 0.6) is 11.5 Å². The molecule has 1 heterocycles. The van der Waals surface area contributed by atoms with Gasteiger partial charge in [0.25, 0.3) is 5.91 Å². The van der Waals surface area contributed by atoms with Crippen molar-refractivity contribution in [3.05, 3.63) is 83.4 Å². The van der Waals surface area contributed by atoms with E-state index in [4.69, 9.17) is 4.74 Å². The highest BCUT2D eigenvalue weighted by atomic mass is 19.4. The molecule has 0 saturated carbocycles. The smallest absolute Gasteiger partial charge is 0.416 e. The second-order valence-corrected chi connectivity index (χ2v) is 6.93. The summed E-state index contributed by atoms with van der Waals surface area (Å²) in [7, 11) is 0. The molecule has 3 aromatic carbocycles. The fourth-order valence-electron chi connectivity index (χ4n) is 2.99. The first-order chi connectivity index (χ1) is 15.5. The lowest BCUT2D eigenvalue weighted by Crippen LogP contribution is -2.12. The summed E-state index contributed by atoms with van der Waals surface area (Å²) in [4.78, 5) is 12.5. The standard InChI is InChI=1S/C22H13F6N3O2/c23-21(24,25)13-3-8-16(9-4-13)33-15-6-1-12(2-7-15)20(32)29-19-17-10-5-14(22(26,27)28)11-18(17)30-31-19/h1-11H,(H2,29,30,31,32). The Balaban J connectivity index is 1.44. The van der Waals surface area contributed by atoms with Gasteiger partial charge in [-0.2, -0.15) is 31.4 Å². The number of rotatable bonds is 4. The Morgan fingerprint density at radius 1 is 0.788 bits per heavy atom. The fraction of sp³-hybridized carbons (Fsp3) is 0.0909. The van der Waals surface area contributed by atoms with Gasteiger partial charge in [0, 0.05) is 10.9 Å². The van der Waals surface area contributed by atoms with E-state index in [1.807, 2.05) is 0 Å². The fourth-order valence-corrected chi connectivity index (χ4v) is 2.99. The van der Waals surface area contributed by atoms with Crippen molar-refractivity contribution in [2.45, 2.75) is 12.4 Å². The minimum Gasteiger partial charge on any atom is -0.457 e. The van der Waals surface area contributed by atoms with Crippen molar-refractivity contribution < 1.29 is 35.9 Å². The van der Waals surface area contributed by atoms with Crippen LogP contribution >= 0.6 is 0 Å². The van der Waals surface area contributed by atoms with Gasteiger partial charge in [-0.15, -0.1) is 0 Å². The second kappa shape index (κ2) is 8.15. The maximum atomic E-state index is 12.8. The van der Waals surface area contributed by atoms with E-state index >= 15 is 0 Å².